The minimum absolute atomic E-state index is 0.624. The second-order valence-electron chi connectivity index (χ2n) is 2.11. The van der Waals surface area contributed by atoms with Crippen LogP contribution in [-0.2, 0) is 0 Å². The van der Waals surface area contributed by atoms with Crippen LogP contribution in [0.3, 0.4) is 0 Å². The number of halogens is 1. The number of fused-ring (bicyclic) bond motifs is 1. The van der Waals surface area contributed by atoms with E-state index in [2.05, 4.69) is 26.1 Å². The van der Waals surface area contributed by atoms with E-state index in [0.717, 1.165) is 5.65 Å². The van der Waals surface area contributed by atoms with Gasteiger partial charge in [0.15, 0.2) is 5.65 Å². The van der Waals surface area contributed by atoms with Crippen molar-refractivity contribution in [2.45, 2.75) is 0 Å². The van der Waals surface area contributed by atoms with E-state index in [1.807, 2.05) is 12.1 Å². The Balaban J connectivity index is 2.96. The summed E-state index contributed by atoms with van der Waals surface area (Å²) in [6.07, 6.45) is 0. The van der Waals surface area contributed by atoms with E-state index in [9.17, 15) is 0 Å². The van der Waals surface area contributed by atoms with Gasteiger partial charge < -0.3 is 5.73 Å². The lowest BCUT2D eigenvalue weighted by atomic mass is 10.4. The van der Waals surface area contributed by atoms with Crippen LogP contribution < -0.4 is 5.73 Å². The molecule has 2 heterocycles. The van der Waals surface area contributed by atoms with Gasteiger partial charge >= 0.3 is 0 Å². The Labute approximate surface area is 71.2 Å². The molecule has 4 nitrogen and oxygen atoms in total. The molecule has 0 saturated carbocycles. The fourth-order valence-corrected chi connectivity index (χ4v) is 1.40. The fourth-order valence-electron chi connectivity index (χ4n) is 0.930. The van der Waals surface area contributed by atoms with E-state index in [0.29, 0.717) is 10.6 Å². The second-order valence-corrected chi connectivity index (χ2v) is 2.82. The van der Waals surface area contributed by atoms with E-state index < -0.39 is 0 Å². The van der Waals surface area contributed by atoms with Crippen LogP contribution in [0, 0.1) is 0 Å². The number of aromatic nitrogens is 3. The van der Waals surface area contributed by atoms with Gasteiger partial charge in [0.05, 0.1) is 0 Å². The van der Waals surface area contributed by atoms with Crippen molar-refractivity contribution >= 4 is 27.4 Å². The summed E-state index contributed by atoms with van der Waals surface area (Å²) in [4.78, 5) is 0. The highest BCUT2D eigenvalue weighted by atomic mass is 79.9. The molecule has 0 radical (unpaired) electrons. The molecule has 0 aliphatic heterocycles. The first kappa shape index (κ1) is 6.60. The van der Waals surface area contributed by atoms with Crippen molar-refractivity contribution in [3.63, 3.8) is 0 Å². The fraction of sp³-hybridized carbons (Fsp3) is 0. The van der Waals surface area contributed by atoms with Gasteiger partial charge in [0.2, 0.25) is 4.73 Å². The smallest absolute Gasteiger partial charge is 0.206 e. The zero-order valence-corrected chi connectivity index (χ0v) is 7.12. The Kier molecular flexibility index (Phi) is 1.32. The van der Waals surface area contributed by atoms with E-state index in [1.165, 1.54) is 0 Å². The normalized spacial score (nSPS) is 10.6. The Hall–Kier alpha value is -1.10. The van der Waals surface area contributed by atoms with Crippen molar-refractivity contribution < 1.29 is 0 Å². The van der Waals surface area contributed by atoms with E-state index in [-0.39, 0.29) is 0 Å². The van der Waals surface area contributed by atoms with Gasteiger partial charge in [-0.1, -0.05) is 6.07 Å². The number of nitrogen functional groups attached to an aromatic ring is 1. The zero-order chi connectivity index (χ0) is 7.84. The molecular formula is C6H5BrN4. The summed E-state index contributed by atoms with van der Waals surface area (Å²) >= 11 is 3.23. The van der Waals surface area contributed by atoms with E-state index in [4.69, 9.17) is 5.73 Å². The molecule has 0 unspecified atom stereocenters. The Morgan fingerprint density at radius 3 is 2.91 bits per heavy atom. The number of anilines is 1. The summed E-state index contributed by atoms with van der Waals surface area (Å²) < 4.78 is 2.35. The second kappa shape index (κ2) is 2.20. The lowest BCUT2D eigenvalue weighted by Crippen LogP contribution is -1.95. The molecule has 0 atom stereocenters. The molecule has 11 heavy (non-hydrogen) atoms. The molecule has 0 aromatic carbocycles. The van der Waals surface area contributed by atoms with Crippen LogP contribution >= 0.6 is 15.9 Å². The maximum atomic E-state index is 5.65. The standard InChI is InChI=1S/C6H5BrN4/c7-6-10-9-5-3-1-2-4(8)11(5)6/h1-3H,8H2. The molecule has 2 N–H and O–H groups in total. The number of hydrogen-bond donors (Lipinski definition) is 1. The average Bonchev–Trinajstić information content (AvgIpc) is 2.34. The summed E-state index contributed by atoms with van der Waals surface area (Å²) in [7, 11) is 0. The van der Waals surface area contributed by atoms with Crippen molar-refractivity contribution in [1.29, 1.82) is 0 Å². The number of nitrogens with two attached hydrogens (primary N) is 1. The number of pyridine rings is 1. The first-order chi connectivity index (χ1) is 5.29. The van der Waals surface area contributed by atoms with Crippen molar-refractivity contribution in [3.05, 3.63) is 22.9 Å². The minimum Gasteiger partial charge on any atom is -0.385 e. The molecule has 0 aliphatic rings. The van der Waals surface area contributed by atoms with Crippen LogP contribution in [0.1, 0.15) is 0 Å². The third-order valence-electron chi connectivity index (χ3n) is 1.42. The summed E-state index contributed by atoms with van der Waals surface area (Å²) in [5.41, 5.74) is 6.40. The van der Waals surface area contributed by atoms with Crippen LogP contribution in [-0.4, -0.2) is 14.6 Å². The molecule has 0 amide bonds. The summed E-state index contributed by atoms with van der Waals surface area (Å²) in [6, 6.07) is 5.47. The average molecular weight is 213 g/mol. The third kappa shape index (κ3) is 0.883. The van der Waals surface area contributed by atoms with Gasteiger partial charge in [-0.05, 0) is 28.1 Å². The Bertz CT molecular complexity index is 394. The lowest BCUT2D eigenvalue weighted by molar-refractivity contribution is 1.06. The van der Waals surface area contributed by atoms with Gasteiger partial charge in [-0.2, -0.15) is 0 Å². The van der Waals surface area contributed by atoms with E-state index in [1.54, 1.807) is 10.5 Å². The van der Waals surface area contributed by atoms with Crippen molar-refractivity contribution in [1.82, 2.24) is 14.6 Å². The summed E-state index contributed by atoms with van der Waals surface area (Å²) in [6.45, 7) is 0. The topological polar surface area (TPSA) is 56.2 Å². The van der Waals surface area contributed by atoms with Gasteiger partial charge in [0.25, 0.3) is 0 Å². The predicted molar refractivity (Wildman–Crippen MR) is 45.1 cm³/mol. The molecule has 0 bridgehead atoms. The lowest BCUT2D eigenvalue weighted by Gasteiger charge is -1.96. The molecular weight excluding hydrogens is 208 g/mol. The first-order valence-corrected chi connectivity index (χ1v) is 3.83. The number of hydrogen-bond acceptors (Lipinski definition) is 3. The third-order valence-corrected chi connectivity index (χ3v) is 1.93. The van der Waals surface area contributed by atoms with Gasteiger partial charge in [0.1, 0.15) is 5.82 Å². The molecule has 0 saturated heterocycles. The van der Waals surface area contributed by atoms with Crippen molar-refractivity contribution in [2.24, 2.45) is 0 Å². The molecule has 0 aliphatic carbocycles. The van der Waals surface area contributed by atoms with Crippen LogP contribution in [0.5, 0.6) is 0 Å². The van der Waals surface area contributed by atoms with E-state index >= 15 is 0 Å². The molecule has 5 heteroatoms. The highest BCUT2D eigenvalue weighted by Gasteiger charge is 2.02. The van der Waals surface area contributed by atoms with Crippen molar-refractivity contribution in [2.75, 3.05) is 5.73 Å². The highest BCUT2D eigenvalue weighted by Crippen LogP contribution is 2.13. The monoisotopic (exact) mass is 212 g/mol. The molecule has 0 spiro atoms. The van der Waals surface area contributed by atoms with Crippen LogP contribution in [0.2, 0.25) is 0 Å². The molecule has 0 fully saturated rings. The van der Waals surface area contributed by atoms with Gasteiger partial charge in [-0.25, -0.2) is 0 Å². The Morgan fingerprint density at radius 1 is 1.36 bits per heavy atom. The number of rotatable bonds is 0. The number of nitrogens with zero attached hydrogens (tertiary/aromatic N) is 3. The molecule has 56 valence electrons. The van der Waals surface area contributed by atoms with Crippen molar-refractivity contribution in [3.8, 4) is 0 Å². The largest absolute Gasteiger partial charge is 0.385 e. The maximum absolute atomic E-state index is 5.65. The van der Waals surface area contributed by atoms with Gasteiger partial charge in [-0.15, -0.1) is 10.2 Å². The highest BCUT2D eigenvalue weighted by molar-refractivity contribution is 9.10. The molecule has 2 aromatic heterocycles. The summed E-state index contributed by atoms with van der Waals surface area (Å²) in [5.74, 6) is 0.624. The molecule has 2 rings (SSSR count). The van der Waals surface area contributed by atoms with Crippen LogP contribution in [0.15, 0.2) is 22.9 Å². The summed E-state index contributed by atoms with van der Waals surface area (Å²) in [5, 5.41) is 7.67. The van der Waals surface area contributed by atoms with Crippen LogP contribution in [0.25, 0.3) is 5.65 Å². The van der Waals surface area contributed by atoms with Gasteiger partial charge in [-0.3, -0.25) is 4.40 Å². The maximum Gasteiger partial charge on any atom is 0.206 e. The Morgan fingerprint density at radius 2 is 2.18 bits per heavy atom. The first-order valence-electron chi connectivity index (χ1n) is 3.04. The van der Waals surface area contributed by atoms with Crippen LogP contribution in [0.4, 0.5) is 5.82 Å². The molecule has 2 aromatic rings. The predicted octanol–water partition coefficient (Wildman–Crippen LogP) is 1.07. The minimum atomic E-state index is 0.624. The quantitative estimate of drug-likeness (QED) is 0.712. The SMILES string of the molecule is Nc1cccc2nnc(Br)n12. The van der Waals surface area contributed by atoms with Gasteiger partial charge in [0, 0.05) is 0 Å². The zero-order valence-electron chi connectivity index (χ0n) is 5.53.